The van der Waals surface area contributed by atoms with Crippen molar-refractivity contribution in [3.8, 4) is 22.9 Å². The molecule has 0 aliphatic heterocycles. The van der Waals surface area contributed by atoms with Gasteiger partial charge in [-0.2, -0.15) is 9.97 Å². The first-order chi connectivity index (χ1) is 13.0. The van der Waals surface area contributed by atoms with E-state index in [9.17, 15) is 9.90 Å². The van der Waals surface area contributed by atoms with Crippen LogP contribution in [-0.4, -0.2) is 35.1 Å². The van der Waals surface area contributed by atoms with Crippen LogP contribution in [0.15, 0.2) is 52.8 Å². The first-order valence-electron chi connectivity index (χ1n) is 7.63. The standard InChI is InChI=1S/C18H14ClN3O4S.Na/c1-25-13-9-14(26-2)22-18(21-13)27-16-15(17(23)24)12(7-8-20-16)10-3-5-11(19)6-4-10;/h3-9H,1-2H3,(H,23,24);/q;+1/p-1. The molecule has 0 aliphatic rings. The number of hydrogen-bond donors (Lipinski definition) is 0. The Kier molecular flexibility index (Phi) is 8.09. The van der Waals surface area contributed by atoms with Gasteiger partial charge in [0.1, 0.15) is 5.03 Å². The molecule has 2 heterocycles. The molecule has 1 aromatic carbocycles. The van der Waals surface area contributed by atoms with E-state index < -0.39 is 5.97 Å². The Labute approximate surface area is 192 Å². The summed E-state index contributed by atoms with van der Waals surface area (Å²) in [5.74, 6) is -0.785. The number of carbonyl (C=O) groups is 1. The molecule has 0 fully saturated rings. The van der Waals surface area contributed by atoms with E-state index >= 15 is 0 Å². The Morgan fingerprint density at radius 1 is 1.07 bits per heavy atom. The van der Waals surface area contributed by atoms with Gasteiger partial charge < -0.3 is 19.4 Å². The largest absolute Gasteiger partial charge is 1.00 e. The van der Waals surface area contributed by atoms with E-state index in [0.717, 1.165) is 11.8 Å². The number of carboxylic acid groups (broad SMARTS) is 1. The van der Waals surface area contributed by atoms with Crippen molar-refractivity contribution in [3.63, 3.8) is 0 Å². The Bertz CT molecular complexity index is 967. The molecule has 0 spiro atoms. The molecule has 0 bridgehead atoms. The van der Waals surface area contributed by atoms with Crippen LogP contribution in [0.3, 0.4) is 0 Å². The summed E-state index contributed by atoms with van der Waals surface area (Å²) in [7, 11) is 2.92. The van der Waals surface area contributed by atoms with E-state index in [1.165, 1.54) is 26.5 Å². The molecule has 0 N–H and O–H groups in total. The molecule has 2 aromatic heterocycles. The average molecular weight is 426 g/mol. The minimum Gasteiger partial charge on any atom is -0.545 e. The molecule has 138 valence electrons. The molecule has 0 atom stereocenters. The summed E-state index contributed by atoms with van der Waals surface area (Å²) in [6.45, 7) is 0. The fourth-order valence-corrected chi connectivity index (χ4v) is 3.29. The van der Waals surface area contributed by atoms with Crippen LogP contribution >= 0.6 is 23.4 Å². The van der Waals surface area contributed by atoms with Gasteiger partial charge in [0, 0.05) is 16.8 Å². The monoisotopic (exact) mass is 425 g/mol. The van der Waals surface area contributed by atoms with Crippen molar-refractivity contribution in [2.45, 2.75) is 10.2 Å². The number of benzene rings is 1. The first kappa shape index (κ1) is 22.4. The summed E-state index contributed by atoms with van der Waals surface area (Å²) >= 11 is 6.89. The van der Waals surface area contributed by atoms with Crippen LogP contribution in [0.5, 0.6) is 11.8 Å². The zero-order valence-electron chi connectivity index (χ0n) is 15.3. The molecular formula is C18H13ClN3NaO4S. The van der Waals surface area contributed by atoms with Gasteiger partial charge >= 0.3 is 29.6 Å². The van der Waals surface area contributed by atoms with Crippen molar-refractivity contribution in [2.75, 3.05) is 14.2 Å². The third-order valence-corrected chi connectivity index (χ3v) is 4.66. The predicted octanol–water partition coefficient (Wildman–Crippen LogP) is -0.272. The molecule has 0 aliphatic carbocycles. The molecule has 7 nitrogen and oxygen atoms in total. The Hall–Kier alpha value is -1.84. The number of pyridine rings is 1. The Morgan fingerprint density at radius 3 is 2.21 bits per heavy atom. The second-order valence-electron chi connectivity index (χ2n) is 5.17. The van der Waals surface area contributed by atoms with Crippen molar-refractivity contribution < 1.29 is 48.9 Å². The summed E-state index contributed by atoms with van der Waals surface area (Å²) < 4.78 is 10.2. The van der Waals surface area contributed by atoms with Crippen LogP contribution in [0.2, 0.25) is 5.02 Å². The van der Waals surface area contributed by atoms with Crippen LogP contribution in [-0.2, 0) is 0 Å². The number of methoxy groups -OCH3 is 2. The van der Waals surface area contributed by atoms with E-state index in [0.29, 0.717) is 16.1 Å². The Morgan fingerprint density at radius 2 is 1.68 bits per heavy atom. The molecule has 10 heteroatoms. The van der Waals surface area contributed by atoms with Gasteiger partial charge in [-0.05, 0) is 41.1 Å². The fourth-order valence-electron chi connectivity index (χ4n) is 2.31. The molecular weight excluding hydrogens is 413 g/mol. The van der Waals surface area contributed by atoms with E-state index in [2.05, 4.69) is 15.0 Å². The number of aromatic carboxylic acids is 1. The average Bonchev–Trinajstić information content (AvgIpc) is 2.67. The van der Waals surface area contributed by atoms with E-state index in [1.54, 1.807) is 30.3 Å². The van der Waals surface area contributed by atoms with Crippen LogP contribution in [0.4, 0.5) is 0 Å². The maximum atomic E-state index is 11.8. The quantitative estimate of drug-likeness (QED) is 0.393. The third kappa shape index (κ3) is 5.15. The third-order valence-electron chi connectivity index (χ3n) is 3.54. The Balaban J connectivity index is 0.00000280. The molecule has 28 heavy (non-hydrogen) atoms. The molecule has 0 saturated heterocycles. The van der Waals surface area contributed by atoms with E-state index in [1.807, 2.05) is 0 Å². The summed E-state index contributed by atoms with van der Waals surface area (Å²) in [5.41, 5.74) is 1.07. The zero-order chi connectivity index (χ0) is 19.4. The smallest absolute Gasteiger partial charge is 0.545 e. The van der Waals surface area contributed by atoms with Crippen molar-refractivity contribution in [1.82, 2.24) is 15.0 Å². The summed E-state index contributed by atoms with van der Waals surface area (Å²) in [6.07, 6.45) is 1.51. The van der Waals surface area contributed by atoms with Gasteiger partial charge in [-0.25, -0.2) is 4.98 Å². The number of hydrogen-bond acceptors (Lipinski definition) is 8. The van der Waals surface area contributed by atoms with Crippen molar-refractivity contribution in [1.29, 1.82) is 0 Å². The van der Waals surface area contributed by atoms with Gasteiger partial charge in [-0.1, -0.05) is 23.7 Å². The molecule has 3 aromatic rings. The number of carboxylic acids is 1. The first-order valence-corrected chi connectivity index (χ1v) is 8.82. The maximum absolute atomic E-state index is 11.8. The number of aromatic nitrogens is 3. The second-order valence-corrected chi connectivity index (χ2v) is 6.56. The minimum absolute atomic E-state index is 0. The fraction of sp³-hybridized carbons (Fsp3) is 0.111. The molecule has 0 unspecified atom stereocenters. The van der Waals surface area contributed by atoms with Crippen molar-refractivity contribution in [3.05, 3.63) is 53.2 Å². The summed E-state index contributed by atoms with van der Waals surface area (Å²) in [5, 5.41) is 12.8. The summed E-state index contributed by atoms with van der Waals surface area (Å²) in [6, 6.07) is 9.93. The van der Waals surface area contributed by atoms with E-state index in [-0.39, 0.29) is 57.1 Å². The van der Waals surface area contributed by atoms with Gasteiger partial charge in [-0.3, -0.25) is 0 Å². The molecule has 0 saturated carbocycles. The molecule has 3 rings (SSSR count). The van der Waals surface area contributed by atoms with Gasteiger partial charge in [0.2, 0.25) is 16.9 Å². The maximum Gasteiger partial charge on any atom is 1.00 e. The number of nitrogens with zero attached hydrogens (tertiary/aromatic N) is 3. The van der Waals surface area contributed by atoms with Gasteiger partial charge in [0.15, 0.2) is 0 Å². The van der Waals surface area contributed by atoms with Crippen molar-refractivity contribution in [2.24, 2.45) is 0 Å². The predicted molar refractivity (Wildman–Crippen MR) is 98.3 cm³/mol. The van der Waals surface area contributed by atoms with Crippen molar-refractivity contribution >= 4 is 29.3 Å². The van der Waals surface area contributed by atoms with Gasteiger partial charge in [0.25, 0.3) is 0 Å². The van der Waals surface area contributed by atoms with Crippen LogP contribution in [0.1, 0.15) is 10.4 Å². The zero-order valence-corrected chi connectivity index (χ0v) is 18.9. The topological polar surface area (TPSA) is 97.3 Å². The van der Waals surface area contributed by atoms with Gasteiger partial charge in [0.05, 0.1) is 26.3 Å². The van der Waals surface area contributed by atoms with E-state index in [4.69, 9.17) is 21.1 Å². The summed E-state index contributed by atoms with van der Waals surface area (Å²) in [4.78, 5) is 24.4. The number of halogens is 1. The van der Waals surface area contributed by atoms with Crippen LogP contribution in [0, 0.1) is 0 Å². The number of ether oxygens (including phenoxy) is 2. The SMILES string of the molecule is COc1cc(OC)nc(Sc2nccc(-c3ccc(Cl)cc3)c2C(=O)[O-])n1.[Na+]. The van der Waals surface area contributed by atoms with Gasteiger partial charge in [-0.15, -0.1) is 0 Å². The molecule has 0 amide bonds. The minimum atomic E-state index is -1.36. The normalized spacial score (nSPS) is 10.1. The number of carbonyl (C=O) groups excluding carboxylic acids is 1. The number of rotatable bonds is 6. The second kappa shape index (κ2) is 10.1. The van der Waals surface area contributed by atoms with Crippen LogP contribution in [0.25, 0.3) is 11.1 Å². The molecule has 0 radical (unpaired) electrons. The van der Waals surface area contributed by atoms with Crippen LogP contribution < -0.4 is 44.1 Å².